The van der Waals surface area contributed by atoms with Crippen molar-refractivity contribution in [1.82, 2.24) is 10.2 Å². The predicted octanol–water partition coefficient (Wildman–Crippen LogP) is 0.217. The van der Waals surface area contributed by atoms with Gasteiger partial charge in [0, 0.05) is 26.6 Å². The lowest BCUT2D eigenvalue weighted by molar-refractivity contribution is -0.120. The van der Waals surface area contributed by atoms with Crippen molar-refractivity contribution in [1.29, 1.82) is 0 Å². The molecular weight excluding hydrogens is 192 g/mol. The van der Waals surface area contributed by atoms with E-state index in [0.29, 0.717) is 18.9 Å². The molecule has 0 aromatic rings. The standard InChI is InChI=1S/C11H22N2O2/c1-12-11(15)3-2-6-13-7-4-10(9-13)5-8-14/h10,14H,2-9H2,1H3,(H,12,15). The molecule has 1 unspecified atom stereocenters. The Bertz CT molecular complexity index is 197. The van der Waals surface area contributed by atoms with Crippen LogP contribution in [0.25, 0.3) is 0 Å². The molecule has 88 valence electrons. The van der Waals surface area contributed by atoms with Gasteiger partial charge in [0.1, 0.15) is 0 Å². The summed E-state index contributed by atoms with van der Waals surface area (Å²) in [6.45, 7) is 3.53. The van der Waals surface area contributed by atoms with Crippen molar-refractivity contribution >= 4 is 5.91 Å². The van der Waals surface area contributed by atoms with Crippen molar-refractivity contribution in [3.63, 3.8) is 0 Å². The first kappa shape index (κ1) is 12.5. The van der Waals surface area contributed by atoms with E-state index in [4.69, 9.17) is 5.11 Å². The van der Waals surface area contributed by atoms with Gasteiger partial charge in [0.25, 0.3) is 0 Å². The molecule has 1 aliphatic rings. The number of aliphatic hydroxyl groups is 1. The third kappa shape index (κ3) is 4.62. The molecule has 0 bridgehead atoms. The van der Waals surface area contributed by atoms with Crippen molar-refractivity contribution in [2.45, 2.75) is 25.7 Å². The number of amides is 1. The van der Waals surface area contributed by atoms with Gasteiger partial charge >= 0.3 is 0 Å². The predicted molar refractivity (Wildman–Crippen MR) is 59.6 cm³/mol. The number of nitrogens with one attached hydrogen (secondary N) is 1. The van der Waals surface area contributed by atoms with Crippen molar-refractivity contribution in [2.24, 2.45) is 5.92 Å². The van der Waals surface area contributed by atoms with Crippen LogP contribution >= 0.6 is 0 Å². The topological polar surface area (TPSA) is 52.6 Å². The summed E-state index contributed by atoms with van der Waals surface area (Å²) in [5.41, 5.74) is 0. The number of aliphatic hydroxyl groups excluding tert-OH is 1. The van der Waals surface area contributed by atoms with Gasteiger partial charge in [-0.2, -0.15) is 0 Å². The highest BCUT2D eigenvalue weighted by Crippen LogP contribution is 2.19. The van der Waals surface area contributed by atoms with E-state index in [1.807, 2.05) is 0 Å². The number of carbonyl (C=O) groups is 1. The molecule has 0 radical (unpaired) electrons. The summed E-state index contributed by atoms with van der Waals surface area (Å²) < 4.78 is 0. The summed E-state index contributed by atoms with van der Waals surface area (Å²) in [7, 11) is 1.68. The first-order valence-corrected chi connectivity index (χ1v) is 5.80. The maximum absolute atomic E-state index is 11.0. The average Bonchev–Trinajstić information content (AvgIpc) is 2.66. The molecule has 0 aliphatic carbocycles. The van der Waals surface area contributed by atoms with Gasteiger partial charge in [-0.25, -0.2) is 0 Å². The molecule has 2 N–H and O–H groups in total. The highest BCUT2D eigenvalue weighted by Gasteiger charge is 2.21. The fourth-order valence-corrected chi connectivity index (χ4v) is 2.12. The maximum atomic E-state index is 11.0. The van der Waals surface area contributed by atoms with Gasteiger partial charge in [-0.1, -0.05) is 0 Å². The molecule has 0 saturated carbocycles. The Morgan fingerprint density at radius 2 is 2.40 bits per heavy atom. The molecule has 0 aromatic heterocycles. The Morgan fingerprint density at radius 1 is 1.60 bits per heavy atom. The quantitative estimate of drug-likeness (QED) is 0.665. The Labute approximate surface area is 91.6 Å². The van der Waals surface area contributed by atoms with Crippen molar-refractivity contribution in [2.75, 3.05) is 33.3 Å². The summed E-state index contributed by atoms with van der Waals surface area (Å²) in [4.78, 5) is 13.4. The van der Waals surface area contributed by atoms with Crippen LogP contribution in [0.15, 0.2) is 0 Å². The van der Waals surface area contributed by atoms with E-state index in [1.165, 1.54) is 6.42 Å². The Balaban J connectivity index is 2.06. The minimum absolute atomic E-state index is 0.126. The van der Waals surface area contributed by atoms with Crippen LogP contribution in [-0.4, -0.2) is 49.2 Å². The fraction of sp³-hybridized carbons (Fsp3) is 0.909. The Kier molecular flexibility index (Phi) is 5.65. The Hall–Kier alpha value is -0.610. The van der Waals surface area contributed by atoms with Crippen LogP contribution in [0.4, 0.5) is 0 Å². The largest absolute Gasteiger partial charge is 0.396 e. The molecule has 1 saturated heterocycles. The number of likely N-dealkylation sites (tertiary alicyclic amines) is 1. The van der Waals surface area contributed by atoms with Gasteiger partial charge in [0.15, 0.2) is 0 Å². The van der Waals surface area contributed by atoms with Crippen LogP contribution in [0, 0.1) is 5.92 Å². The average molecular weight is 214 g/mol. The van der Waals surface area contributed by atoms with Crippen molar-refractivity contribution in [3.8, 4) is 0 Å². The van der Waals surface area contributed by atoms with Gasteiger partial charge < -0.3 is 15.3 Å². The first-order chi connectivity index (χ1) is 7.26. The molecule has 15 heavy (non-hydrogen) atoms. The van der Waals surface area contributed by atoms with Crippen LogP contribution in [-0.2, 0) is 4.79 Å². The zero-order valence-corrected chi connectivity index (χ0v) is 9.54. The summed E-state index contributed by atoms with van der Waals surface area (Å²) in [6.07, 6.45) is 3.68. The zero-order valence-electron chi connectivity index (χ0n) is 9.54. The molecule has 1 rings (SSSR count). The van der Waals surface area contributed by atoms with E-state index in [0.717, 1.165) is 32.5 Å². The van der Waals surface area contributed by atoms with Crippen LogP contribution in [0.2, 0.25) is 0 Å². The minimum Gasteiger partial charge on any atom is -0.396 e. The van der Waals surface area contributed by atoms with Gasteiger partial charge in [0.2, 0.25) is 5.91 Å². The third-order valence-electron chi connectivity index (χ3n) is 3.06. The maximum Gasteiger partial charge on any atom is 0.219 e. The lowest BCUT2D eigenvalue weighted by atomic mass is 10.1. The minimum atomic E-state index is 0.126. The molecule has 0 spiro atoms. The van der Waals surface area contributed by atoms with Crippen LogP contribution < -0.4 is 5.32 Å². The van der Waals surface area contributed by atoms with Crippen molar-refractivity contribution in [3.05, 3.63) is 0 Å². The highest BCUT2D eigenvalue weighted by molar-refractivity contribution is 5.75. The summed E-state index contributed by atoms with van der Waals surface area (Å²) >= 11 is 0. The molecule has 1 amide bonds. The molecule has 0 aromatic carbocycles. The van der Waals surface area contributed by atoms with E-state index < -0.39 is 0 Å². The SMILES string of the molecule is CNC(=O)CCCN1CCC(CCO)C1. The highest BCUT2D eigenvalue weighted by atomic mass is 16.3. The second-order valence-corrected chi connectivity index (χ2v) is 4.24. The second kappa shape index (κ2) is 6.80. The second-order valence-electron chi connectivity index (χ2n) is 4.24. The molecule has 1 fully saturated rings. The summed E-state index contributed by atoms with van der Waals surface area (Å²) in [5.74, 6) is 0.788. The van der Waals surface area contributed by atoms with Gasteiger partial charge in [-0.3, -0.25) is 4.79 Å². The van der Waals surface area contributed by atoms with E-state index in [2.05, 4.69) is 10.2 Å². The number of rotatable bonds is 6. The van der Waals surface area contributed by atoms with Gasteiger partial charge in [-0.15, -0.1) is 0 Å². The number of nitrogens with zero attached hydrogens (tertiary/aromatic N) is 1. The third-order valence-corrected chi connectivity index (χ3v) is 3.06. The van der Waals surface area contributed by atoms with Crippen LogP contribution in [0.5, 0.6) is 0 Å². The van der Waals surface area contributed by atoms with E-state index in [9.17, 15) is 4.79 Å². The summed E-state index contributed by atoms with van der Waals surface area (Å²) in [5, 5.41) is 11.5. The van der Waals surface area contributed by atoms with E-state index >= 15 is 0 Å². The van der Waals surface area contributed by atoms with Crippen molar-refractivity contribution < 1.29 is 9.90 Å². The smallest absolute Gasteiger partial charge is 0.219 e. The number of hydrogen-bond donors (Lipinski definition) is 2. The lowest BCUT2D eigenvalue weighted by Crippen LogP contribution is -2.24. The zero-order chi connectivity index (χ0) is 11.1. The van der Waals surface area contributed by atoms with Gasteiger partial charge in [0.05, 0.1) is 0 Å². The van der Waals surface area contributed by atoms with E-state index in [1.54, 1.807) is 7.05 Å². The van der Waals surface area contributed by atoms with Crippen LogP contribution in [0.3, 0.4) is 0 Å². The Morgan fingerprint density at radius 3 is 3.07 bits per heavy atom. The van der Waals surface area contributed by atoms with Gasteiger partial charge in [-0.05, 0) is 38.3 Å². The molecule has 4 nitrogen and oxygen atoms in total. The molecule has 1 atom stereocenters. The fourth-order valence-electron chi connectivity index (χ4n) is 2.12. The van der Waals surface area contributed by atoms with E-state index in [-0.39, 0.29) is 5.91 Å². The molecular formula is C11H22N2O2. The molecule has 4 heteroatoms. The normalized spacial score (nSPS) is 21.9. The number of hydrogen-bond acceptors (Lipinski definition) is 3. The number of carbonyl (C=O) groups excluding carboxylic acids is 1. The molecule has 1 heterocycles. The monoisotopic (exact) mass is 214 g/mol. The lowest BCUT2D eigenvalue weighted by Gasteiger charge is -2.15. The first-order valence-electron chi connectivity index (χ1n) is 5.80. The molecule has 1 aliphatic heterocycles. The van der Waals surface area contributed by atoms with Crippen LogP contribution in [0.1, 0.15) is 25.7 Å². The summed E-state index contributed by atoms with van der Waals surface area (Å²) in [6, 6.07) is 0.